The third-order valence-electron chi connectivity index (χ3n) is 6.96. The Bertz CT molecular complexity index is 1070. The van der Waals surface area contributed by atoms with Gasteiger partial charge in [-0.25, -0.2) is 4.98 Å². The molecule has 1 aromatic carbocycles. The lowest BCUT2D eigenvalue weighted by atomic mass is 9.77. The van der Waals surface area contributed by atoms with Crippen LogP contribution in [-0.2, 0) is 17.1 Å². The van der Waals surface area contributed by atoms with Crippen molar-refractivity contribution in [1.82, 2.24) is 9.97 Å². The average Bonchev–Trinajstić information content (AvgIpc) is 3.20. The molecule has 2 N–H and O–H groups in total. The van der Waals surface area contributed by atoms with Gasteiger partial charge < -0.3 is 15.3 Å². The molecule has 0 amide bonds. The fourth-order valence-corrected chi connectivity index (χ4v) is 6.63. The number of nitrogens with one attached hydrogen (secondary N) is 1. The van der Waals surface area contributed by atoms with Gasteiger partial charge in [0, 0.05) is 30.3 Å². The molecule has 3 aliphatic rings. The molecule has 3 heterocycles. The SMILES string of the molecule is N#CN=[S@]1CCc2nc(N3CCC(c4ccc(Cl)cc4)CC3)nc(NC3(CO)CCC3)c21. The Balaban J connectivity index is 1.40. The number of piperidine rings is 1. The summed E-state index contributed by atoms with van der Waals surface area (Å²) in [7, 11) is -0.509. The molecular formula is C23H27ClN6OS. The second-order valence-electron chi connectivity index (χ2n) is 8.89. The lowest BCUT2D eigenvalue weighted by molar-refractivity contribution is 0.143. The van der Waals surface area contributed by atoms with Crippen LogP contribution in [0.1, 0.15) is 49.3 Å². The van der Waals surface area contributed by atoms with E-state index in [9.17, 15) is 5.11 Å². The van der Waals surface area contributed by atoms with Gasteiger partial charge in [-0.2, -0.15) is 10.2 Å². The lowest BCUT2D eigenvalue weighted by Crippen LogP contribution is -2.48. The minimum absolute atomic E-state index is 0.0801. The van der Waals surface area contributed by atoms with E-state index in [2.05, 4.69) is 26.7 Å². The Morgan fingerprint density at radius 1 is 1.25 bits per heavy atom. The number of nitriles is 1. The molecule has 9 heteroatoms. The predicted octanol–water partition coefficient (Wildman–Crippen LogP) is 4.04. The molecule has 1 aromatic heterocycles. The van der Waals surface area contributed by atoms with E-state index in [4.69, 9.17) is 26.8 Å². The first-order chi connectivity index (χ1) is 15.6. The first kappa shape index (κ1) is 21.6. The highest BCUT2D eigenvalue weighted by atomic mass is 35.5. The normalized spacial score (nSPS) is 22.3. The third-order valence-corrected chi connectivity index (χ3v) is 9.00. The summed E-state index contributed by atoms with van der Waals surface area (Å²) in [6, 6.07) is 8.18. The van der Waals surface area contributed by atoms with Crippen molar-refractivity contribution < 1.29 is 5.11 Å². The van der Waals surface area contributed by atoms with E-state index in [1.54, 1.807) is 0 Å². The van der Waals surface area contributed by atoms with Gasteiger partial charge in [-0.3, -0.25) is 0 Å². The van der Waals surface area contributed by atoms with Crippen LogP contribution >= 0.6 is 11.6 Å². The van der Waals surface area contributed by atoms with Gasteiger partial charge in [0.2, 0.25) is 12.1 Å². The number of aromatic nitrogens is 2. The largest absolute Gasteiger partial charge is 0.394 e. The second-order valence-corrected chi connectivity index (χ2v) is 11.1. The number of fused-ring (bicyclic) bond motifs is 1. The van der Waals surface area contributed by atoms with Crippen molar-refractivity contribution in [2.45, 2.75) is 54.9 Å². The van der Waals surface area contributed by atoms with Crippen molar-refractivity contribution in [1.29, 1.82) is 5.26 Å². The van der Waals surface area contributed by atoms with E-state index >= 15 is 0 Å². The molecule has 168 valence electrons. The van der Waals surface area contributed by atoms with Crippen molar-refractivity contribution in [2.24, 2.45) is 4.36 Å². The number of aliphatic hydroxyl groups is 1. The molecule has 2 aliphatic heterocycles. The maximum atomic E-state index is 9.99. The van der Waals surface area contributed by atoms with Gasteiger partial charge in [0.15, 0.2) is 0 Å². The lowest BCUT2D eigenvalue weighted by Gasteiger charge is -2.42. The number of benzene rings is 1. The van der Waals surface area contributed by atoms with E-state index < -0.39 is 10.7 Å². The zero-order chi connectivity index (χ0) is 22.1. The second kappa shape index (κ2) is 8.97. The van der Waals surface area contributed by atoms with Gasteiger partial charge in [-0.1, -0.05) is 23.7 Å². The Hall–Kier alpha value is -2.21. The smallest absolute Gasteiger partial charge is 0.227 e. The highest BCUT2D eigenvalue weighted by Gasteiger charge is 2.39. The number of hydrogen-bond acceptors (Lipinski definition) is 7. The van der Waals surface area contributed by atoms with Gasteiger partial charge in [0.25, 0.3) is 0 Å². The van der Waals surface area contributed by atoms with Gasteiger partial charge in [0.1, 0.15) is 5.82 Å². The Kier molecular flexibility index (Phi) is 6.06. The molecule has 5 rings (SSSR count). The summed E-state index contributed by atoms with van der Waals surface area (Å²) in [5.74, 6) is 2.83. The van der Waals surface area contributed by atoms with Crippen molar-refractivity contribution in [2.75, 3.05) is 35.7 Å². The standard InChI is InChI=1S/C23H27ClN6OS/c24-18-4-2-16(3-5-18)17-6-11-30(12-7-17)22-27-19-8-13-32(26-15-25)20(19)21(28-22)29-23(14-31)9-1-10-23/h2-5,17,31H,1,6-14H2,(H,27,28,29)/t32-/m0/s1. The molecular weight excluding hydrogens is 444 g/mol. The van der Waals surface area contributed by atoms with Gasteiger partial charge in [-0.05, 0) is 66.4 Å². The number of halogens is 1. The van der Waals surface area contributed by atoms with E-state index in [0.717, 1.165) is 84.7 Å². The quantitative estimate of drug-likeness (QED) is 0.640. The number of hydrogen-bond donors (Lipinski definition) is 2. The first-order valence-corrected chi connectivity index (χ1v) is 12.9. The fraction of sp³-hybridized carbons (Fsp3) is 0.522. The maximum Gasteiger partial charge on any atom is 0.227 e. The average molecular weight is 471 g/mol. The van der Waals surface area contributed by atoms with Gasteiger partial charge >= 0.3 is 0 Å². The molecule has 0 bridgehead atoms. The van der Waals surface area contributed by atoms with Crippen LogP contribution in [0.5, 0.6) is 0 Å². The predicted molar refractivity (Wildman–Crippen MR) is 127 cm³/mol. The van der Waals surface area contributed by atoms with Crippen LogP contribution in [0.4, 0.5) is 11.8 Å². The zero-order valence-electron chi connectivity index (χ0n) is 17.9. The third kappa shape index (κ3) is 4.09. The number of rotatable bonds is 5. The molecule has 2 aromatic rings. The Morgan fingerprint density at radius 2 is 2.00 bits per heavy atom. The maximum absolute atomic E-state index is 9.99. The van der Waals surface area contributed by atoms with Crippen LogP contribution in [-0.4, -0.2) is 46.1 Å². The minimum Gasteiger partial charge on any atom is -0.394 e. The zero-order valence-corrected chi connectivity index (χ0v) is 19.5. The number of nitrogens with zero attached hydrogens (tertiary/aromatic N) is 5. The van der Waals surface area contributed by atoms with Crippen LogP contribution in [0.15, 0.2) is 33.5 Å². The van der Waals surface area contributed by atoms with E-state index in [-0.39, 0.29) is 12.1 Å². The summed E-state index contributed by atoms with van der Waals surface area (Å²) < 4.78 is 4.14. The highest BCUT2D eigenvalue weighted by Crippen LogP contribution is 2.39. The number of aliphatic hydroxyl groups excluding tert-OH is 1. The van der Waals surface area contributed by atoms with Crippen molar-refractivity contribution in [3.8, 4) is 6.19 Å². The summed E-state index contributed by atoms with van der Waals surface area (Å²) >= 11 is 6.05. The summed E-state index contributed by atoms with van der Waals surface area (Å²) in [6.45, 7) is 1.87. The van der Waals surface area contributed by atoms with Gasteiger partial charge in [0.05, 0.1) is 22.7 Å². The molecule has 1 saturated carbocycles. The summed E-state index contributed by atoms with van der Waals surface area (Å²) in [4.78, 5) is 13.1. The fourth-order valence-electron chi connectivity index (χ4n) is 4.89. The topological polar surface area (TPSA) is 97.4 Å². The van der Waals surface area contributed by atoms with Crippen LogP contribution in [0, 0.1) is 11.5 Å². The molecule has 0 radical (unpaired) electrons. The monoisotopic (exact) mass is 470 g/mol. The summed E-state index contributed by atoms with van der Waals surface area (Å²) in [6.07, 6.45) is 7.80. The number of aryl methyl sites for hydroxylation is 1. The van der Waals surface area contributed by atoms with E-state index in [1.165, 1.54) is 5.56 Å². The molecule has 1 aliphatic carbocycles. The van der Waals surface area contributed by atoms with Crippen molar-refractivity contribution in [3.05, 3.63) is 40.5 Å². The van der Waals surface area contributed by atoms with Crippen molar-refractivity contribution in [3.63, 3.8) is 0 Å². The minimum atomic E-state index is -0.509. The molecule has 0 spiro atoms. The van der Waals surface area contributed by atoms with Crippen LogP contribution in [0.25, 0.3) is 0 Å². The highest BCUT2D eigenvalue weighted by molar-refractivity contribution is 7.87. The molecule has 2 fully saturated rings. The Morgan fingerprint density at radius 3 is 2.62 bits per heavy atom. The Labute approximate surface area is 195 Å². The van der Waals surface area contributed by atoms with E-state index in [1.807, 2.05) is 18.3 Å². The summed E-state index contributed by atoms with van der Waals surface area (Å²) in [5.41, 5.74) is 2.01. The molecule has 7 nitrogen and oxygen atoms in total. The van der Waals surface area contributed by atoms with Crippen molar-refractivity contribution >= 4 is 34.1 Å². The first-order valence-electron chi connectivity index (χ1n) is 11.2. The molecule has 0 unspecified atom stereocenters. The molecule has 1 saturated heterocycles. The van der Waals surface area contributed by atoms with Crippen LogP contribution in [0.3, 0.4) is 0 Å². The van der Waals surface area contributed by atoms with Crippen LogP contribution < -0.4 is 10.2 Å². The van der Waals surface area contributed by atoms with E-state index in [0.29, 0.717) is 5.92 Å². The number of anilines is 2. The molecule has 32 heavy (non-hydrogen) atoms. The van der Waals surface area contributed by atoms with Gasteiger partial charge in [-0.15, -0.1) is 4.36 Å². The van der Waals surface area contributed by atoms with Crippen LogP contribution in [0.2, 0.25) is 5.02 Å². The molecule has 1 atom stereocenters. The summed E-state index contributed by atoms with van der Waals surface area (Å²) in [5, 5.41) is 23.5.